The number of likely N-dealkylation sites (N-methyl/N-ethyl adjacent to an activating group) is 1. The molecule has 0 saturated heterocycles. The topological polar surface area (TPSA) is 90.2 Å². The van der Waals surface area contributed by atoms with Gasteiger partial charge in [0.05, 0.1) is 18.4 Å². The Kier molecular flexibility index (Phi) is 6.11. The smallest absolute Gasteiger partial charge is 0.257 e. The number of aldehydes is 1. The number of nitrogens with zero attached hydrogens (tertiary/aromatic N) is 5. The zero-order valence-electron chi connectivity index (χ0n) is 15.7. The van der Waals surface area contributed by atoms with Crippen LogP contribution in [0.5, 0.6) is 5.75 Å². The van der Waals surface area contributed by atoms with Crippen molar-refractivity contribution in [2.45, 2.75) is 12.3 Å². The van der Waals surface area contributed by atoms with Crippen molar-refractivity contribution < 1.29 is 14.3 Å². The van der Waals surface area contributed by atoms with E-state index < -0.39 is 0 Å². The van der Waals surface area contributed by atoms with Gasteiger partial charge < -0.3 is 14.4 Å². The highest BCUT2D eigenvalue weighted by Gasteiger charge is 2.22. The minimum atomic E-state index is -0.210. The van der Waals surface area contributed by atoms with Gasteiger partial charge in [-0.3, -0.25) is 4.79 Å². The monoisotopic (exact) mass is 379 g/mol. The van der Waals surface area contributed by atoms with Crippen LogP contribution >= 0.6 is 0 Å². The van der Waals surface area contributed by atoms with E-state index in [0.717, 1.165) is 11.8 Å². The molecule has 0 aliphatic heterocycles. The number of benzene rings is 2. The molecule has 1 atom stereocenters. The summed E-state index contributed by atoms with van der Waals surface area (Å²) in [6, 6.07) is 14.9. The Hall–Kier alpha value is -3.55. The second-order valence-corrected chi connectivity index (χ2v) is 6.33. The molecule has 1 unspecified atom stereocenters. The first-order chi connectivity index (χ1) is 13.6. The van der Waals surface area contributed by atoms with Gasteiger partial charge in [0.15, 0.2) is 0 Å². The lowest BCUT2D eigenvalue weighted by Crippen LogP contribution is -2.31. The Morgan fingerprint density at radius 3 is 2.68 bits per heavy atom. The van der Waals surface area contributed by atoms with E-state index in [1.54, 1.807) is 30.1 Å². The highest BCUT2D eigenvalue weighted by atomic mass is 16.5. The lowest BCUT2D eigenvalue weighted by atomic mass is 9.95. The number of methoxy groups -OCH3 is 1. The summed E-state index contributed by atoms with van der Waals surface area (Å²) in [4.78, 5) is 25.9. The van der Waals surface area contributed by atoms with Gasteiger partial charge in [-0.15, -0.1) is 5.10 Å². The van der Waals surface area contributed by atoms with Crippen molar-refractivity contribution >= 4 is 12.2 Å². The Labute approximate surface area is 162 Å². The summed E-state index contributed by atoms with van der Waals surface area (Å²) in [5, 5.41) is 11.1. The van der Waals surface area contributed by atoms with E-state index in [-0.39, 0.29) is 11.8 Å². The molecule has 28 heavy (non-hydrogen) atoms. The highest BCUT2D eigenvalue weighted by molar-refractivity contribution is 5.97. The Balaban J connectivity index is 1.85. The van der Waals surface area contributed by atoms with Crippen molar-refractivity contribution in [3.63, 3.8) is 0 Å². The Morgan fingerprint density at radius 2 is 2.04 bits per heavy atom. The van der Waals surface area contributed by atoms with E-state index in [4.69, 9.17) is 4.74 Å². The summed E-state index contributed by atoms with van der Waals surface area (Å²) in [6.07, 6.45) is 2.67. The normalized spacial score (nSPS) is 11.6. The lowest BCUT2D eigenvalue weighted by molar-refractivity contribution is -0.108. The Morgan fingerprint density at radius 1 is 1.25 bits per heavy atom. The summed E-state index contributed by atoms with van der Waals surface area (Å²) in [5.74, 6) is 0.167. The van der Waals surface area contributed by atoms with Crippen LogP contribution in [0, 0.1) is 0 Å². The molecule has 144 valence electrons. The average Bonchev–Trinajstić information content (AvgIpc) is 3.28. The van der Waals surface area contributed by atoms with E-state index in [2.05, 4.69) is 15.5 Å². The van der Waals surface area contributed by atoms with Crippen LogP contribution < -0.4 is 4.74 Å². The third-order valence-corrected chi connectivity index (χ3v) is 4.52. The molecule has 1 heterocycles. The molecule has 3 aromatic rings. The van der Waals surface area contributed by atoms with Crippen LogP contribution in [0.1, 0.15) is 28.3 Å². The van der Waals surface area contributed by atoms with E-state index in [1.165, 1.54) is 18.1 Å². The fourth-order valence-electron chi connectivity index (χ4n) is 3.06. The van der Waals surface area contributed by atoms with Crippen molar-refractivity contribution in [1.29, 1.82) is 0 Å². The van der Waals surface area contributed by atoms with Crippen molar-refractivity contribution in [2.75, 3.05) is 20.7 Å². The third kappa shape index (κ3) is 4.22. The second-order valence-electron chi connectivity index (χ2n) is 6.33. The van der Waals surface area contributed by atoms with Crippen LogP contribution in [-0.2, 0) is 4.79 Å². The van der Waals surface area contributed by atoms with Crippen LogP contribution in [0.25, 0.3) is 5.69 Å². The van der Waals surface area contributed by atoms with Crippen molar-refractivity contribution in [3.05, 3.63) is 66.0 Å². The number of carbonyl (C=O) groups excluding carboxylic acids is 2. The summed E-state index contributed by atoms with van der Waals surface area (Å²) in [5.41, 5.74) is 2.06. The SMILES string of the molecule is COc1ccc(-n2cnnn2)cc1C(=O)N(C)CC(CC=O)c1ccccc1. The number of rotatable bonds is 8. The number of ether oxygens (including phenoxy) is 1. The first-order valence-corrected chi connectivity index (χ1v) is 8.79. The maximum Gasteiger partial charge on any atom is 0.257 e. The molecule has 0 N–H and O–H groups in total. The number of aromatic nitrogens is 4. The molecule has 8 nitrogen and oxygen atoms in total. The van der Waals surface area contributed by atoms with Crippen molar-refractivity contribution in [2.24, 2.45) is 0 Å². The van der Waals surface area contributed by atoms with E-state index in [9.17, 15) is 9.59 Å². The minimum absolute atomic E-state index is 0.0821. The van der Waals surface area contributed by atoms with Gasteiger partial charge in [0.1, 0.15) is 18.4 Å². The second kappa shape index (κ2) is 8.90. The number of hydrogen-bond acceptors (Lipinski definition) is 6. The van der Waals surface area contributed by atoms with Crippen LogP contribution in [0.4, 0.5) is 0 Å². The fourth-order valence-corrected chi connectivity index (χ4v) is 3.06. The molecule has 0 spiro atoms. The van der Waals surface area contributed by atoms with Gasteiger partial charge in [0.2, 0.25) is 0 Å². The summed E-state index contributed by atoms with van der Waals surface area (Å²) in [7, 11) is 3.23. The van der Waals surface area contributed by atoms with Crippen molar-refractivity contribution in [3.8, 4) is 11.4 Å². The lowest BCUT2D eigenvalue weighted by Gasteiger charge is -2.24. The minimum Gasteiger partial charge on any atom is -0.496 e. The van der Waals surface area contributed by atoms with Crippen LogP contribution in [0.2, 0.25) is 0 Å². The molecular formula is C20H21N5O3. The largest absolute Gasteiger partial charge is 0.496 e. The van der Waals surface area contributed by atoms with E-state index in [1.807, 2.05) is 30.3 Å². The quantitative estimate of drug-likeness (QED) is 0.557. The van der Waals surface area contributed by atoms with Gasteiger partial charge in [-0.2, -0.15) is 0 Å². The van der Waals surface area contributed by atoms with Crippen molar-refractivity contribution in [1.82, 2.24) is 25.1 Å². The predicted molar refractivity (Wildman–Crippen MR) is 103 cm³/mol. The van der Waals surface area contributed by atoms with Crippen LogP contribution in [0.3, 0.4) is 0 Å². The number of carbonyl (C=O) groups is 2. The summed E-state index contributed by atoms with van der Waals surface area (Å²) in [6.45, 7) is 0.403. The van der Waals surface area contributed by atoms with Crippen LogP contribution in [0.15, 0.2) is 54.9 Å². The third-order valence-electron chi connectivity index (χ3n) is 4.52. The van der Waals surface area contributed by atoms with Gasteiger partial charge in [-0.25, -0.2) is 4.68 Å². The van der Waals surface area contributed by atoms with E-state index >= 15 is 0 Å². The molecule has 0 fully saturated rings. The molecule has 0 radical (unpaired) electrons. The average molecular weight is 379 g/mol. The maximum atomic E-state index is 13.1. The van der Waals surface area contributed by atoms with Gasteiger partial charge in [-0.1, -0.05) is 30.3 Å². The zero-order chi connectivity index (χ0) is 19.9. The first kappa shape index (κ1) is 19.2. The predicted octanol–water partition coefficient (Wildman–Crippen LogP) is 2.12. The van der Waals surface area contributed by atoms with Crippen LogP contribution in [-0.4, -0.2) is 58.0 Å². The summed E-state index contributed by atoms with van der Waals surface area (Å²) < 4.78 is 6.83. The molecule has 0 aliphatic carbocycles. The molecule has 0 saturated carbocycles. The molecule has 1 aromatic heterocycles. The molecule has 2 aromatic carbocycles. The molecular weight excluding hydrogens is 358 g/mol. The van der Waals surface area contributed by atoms with E-state index in [0.29, 0.717) is 30.0 Å². The van der Waals surface area contributed by atoms with Gasteiger partial charge >= 0.3 is 0 Å². The molecule has 3 rings (SSSR count). The molecule has 1 amide bonds. The fraction of sp³-hybridized carbons (Fsp3) is 0.250. The van der Waals surface area contributed by atoms with Gasteiger partial charge in [0, 0.05) is 25.9 Å². The maximum absolute atomic E-state index is 13.1. The standard InChI is InChI=1S/C20H21N5O3/c1-24(13-16(10-11-26)15-6-4-3-5-7-15)20(27)18-12-17(8-9-19(18)28-2)25-14-21-22-23-25/h3-9,11-12,14,16H,10,13H2,1-2H3. The first-order valence-electron chi connectivity index (χ1n) is 8.79. The zero-order valence-corrected chi connectivity index (χ0v) is 15.7. The molecule has 0 aliphatic rings. The number of amides is 1. The molecule has 8 heteroatoms. The summed E-state index contributed by atoms with van der Waals surface area (Å²) >= 11 is 0. The molecule has 0 bridgehead atoms. The number of tetrazole rings is 1. The van der Waals surface area contributed by atoms with Gasteiger partial charge in [-0.05, 0) is 34.2 Å². The Bertz CT molecular complexity index is 928. The number of hydrogen-bond donors (Lipinski definition) is 0. The highest BCUT2D eigenvalue weighted by Crippen LogP contribution is 2.25. The van der Waals surface area contributed by atoms with Gasteiger partial charge in [0.25, 0.3) is 5.91 Å².